The first-order chi connectivity index (χ1) is 4.66. The fraction of sp³-hybridized carbons (Fsp3) is 0.833. The van der Waals surface area contributed by atoms with E-state index in [4.69, 9.17) is 16.7 Å². The van der Waals surface area contributed by atoms with E-state index in [0.29, 0.717) is 12.4 Å². The van der Waals surface area contributed by atoms with E-state index in [-0.39, 0.29) is 6.42 Å². The largest absolute Gasteiger partial charge is 0.481 e. The molecule has 0 aromatic heterocycles. The maximum atomic E-state index is 10.0. The molecule has 0 aliphatic carbocycles. The molecule has 0 fully saturated rings. The van der Waals surface area contributed by atoms with Crippen LogP contribution in [-0.4, -0.2) is 42.0 Å². The summed E-state index contributed by atoms with van der Waals surface area (Å²) in [6, 6.07) is 0. The molecule has 0 amide bonds. The second-order valence-corrected chi connectivity index (χ2v) is 2.51. The van der Waals surface area contributed by atoms with Crippen LogP contribution < -0.4 is 0 Å². The predicted molar refractivity (Wildman–Crippen MR) is 40.5 cm³/mol. The van der Waals surface area contributed by atoms with Crippen molar-refractivity contribution in [2.45, 2.75) is 6.42 Å². The highest BCUT2D eigenvalue weighted by molar-refractivity contribution is 6.18. The Morgan fingerprint density at radius 1 is 1.60 bits per heavy atom. The van der Waals surface area contributed by atoms with Crippen molar-refractivity contribution >= 4 is 17.6 Å². The maximum Gasteiger partial charge on any atom is 0.304 e. The highest BCUT2D eigenvalue weighted by atomic mass is 35.5. The summed E-state index contributed by atoms with van der Waals surface area (Å²) in [5, 5.41) is 8.27. The van der Waals surface area contributed by atoms with Crippen molar-refractivity contribution in [1.82, 2.24) is 4.90 Å². The molecule has 0 saturated heterocycles. The molecule has 0 radical (unpaired) electrons. The van der Waals surface area contributed by atoms with E-state index in [0.717, 1.165) is 6.54 Å². The number of carboxylic acid groups (broad SMARTS) is 1. The number of rotatable bonds is 5. The molecule has 0 aromatic carbocycles. The highest BCUT2D eigenvalue weighted by Crippen LogP contribution is 1.87. The van der Waals surface area contributed by atoms with Gasteiger partial charge in [-0.05, 0) is 7.05 Å². The molecule has 0 bridgehead atoms. The monoisotopic (exact) mass is 165 g/mol. The second kappa shape index (κ2) is 5.50. The number of halogens is 1. The number of alkyl halides is 1. The summed E-state index contributed by atoms with van der Waals surface area (Å²) in [7, 11) is 1.85. The lowest BCUT2D eigenvalue weighted by atomic mass is 10.4. The average Bonchev–Trinajstić information content (AvgIpc) is 1.85. The van der Waals surface area contributed by atoms with Crippen molar-refractivity contribution in [3.8, 4) is 0 Å². The molecular formula is C6H12ClNO2. The van der Waals surface area contributed by atoms with Gasteiger partial charge in [-0.1, -0.05) is 0 Å². The minimum atomic E-state index is -0.763. The van der Waals surface area contributed by atoms with Gasteiger partial charge in [0.05, 0.1) is 6.42 Å². The van der Waals surface area contributed by atoms with Crippen LogP contribution in [0.15, 0.2) is 0 Å². The number of aliphatic carboxylic acids is 1. The van der Waals surface area contributed by atoms with E-state index in [1.165, 1.54) is 0 Å². The first kappa shape index (κ1) is 9.72. The fourth-order valence-corrected chi connectivity index (χ4v) is 0.831. The Balaban J connectivity index is 3.21. The molecule has 3 nitrogen and oxygen atoms in total. The van der Waals surface area contributed by atoms with Gasteiger partial charge in [0, 0.05) is 19.0 Å². The summed E-state index contributed by atoms with van der Waals surface area (Å²) in [4.78, 5) is 11.9. The summed E-state index contributed by atoms with van der Waals surface area (Å²) in [6.45, 7) is 1.32. The van der Waals surface area contributed by atoms with Gasteiger partial charge in [-0.2, -0.15) is 0 Å². The Morgan fingerprint density at radius 2 is 2.20 bits per heavy atom. The minimum absolute atomic E-state index is 0.188. The van der Waals surface area contributed by atoms with Gasteiger partial charge in [0.2, 0.25) is 0 Å². The Labute approximate surface area is 65.6 Å². The number of carbonyl (C=O) groups is 1. The van der Waals surface area contributed by atoms with Crippen LogP contribution in [0.1, 0.15) is 6.42 Å². The molecule has 0 aromatic rings. The molecule has 0 aliphatic heterocycles. The Hall–Kier alpha value is -0.280. The molecule has 60 valence electrons. The number of hydrogen-bond donors (Lipinski definition) is 1. The zero-order chi connectivity index (χ0) is 7.98. The van der Waals surface area contributed by atoms with Crippen LogP contribution in [0.5, 0.6) is 0 Å². The molecule has 0 atom stereocenters. The molecular weight excluding hydrogens is 154 g/mol. The van der Waals surface area contributed by atoms with Crippen LogP contribution in [0.4, 0.5) is 0 Å². The molecule has 0 rings (SSSR count). The third-order valence-electron chi connectivity index (χ3n) is 1.17. The Morgan fingerprint density at radius 3 is 2.60 bits per heavy atom. The molecule has 0 aliphatic rings. The van der Waals surface area contributed by atoms with Gasteiger partial charge >= 0.3 is 5.97 Å². The van der Waals surface area contributed by atoms with Crippen molar-refractivity contribution in [3.05, 3.63) is 0 Å². The highest BCUT2D eigenvalue weighted by Gasteiger charge is 2.00. The average molecular weight is 166 g/mol. The lowest BCUT2D eigenvalue weighted by Crippen LogP contribution is -2.23. The normalized spacial score (nSPS) is 10.3. The van der Waals surface area contributed by atoms with Crippen molar-refractivity contribution in [3.63, 3.8) is 0 Å². The van der Waals surface area contributed by atoms with E-state index in [1.807, 2.05) is 11.9 Å². The lowest BCUT2D eigenvalue weighted by Gasteiger charge is -2.12. The molecule has 1 N–H and O–H groups in total. The molecule has 10 heavy (non-hydrogen) atoms. The van der Waals surface area contributed by atoms with Gasteiger partial charge in [-0.15, -0.1) is 11.6 Å². The summed E-state index contributed by atoms with van der Waals surface area (Å²) in [6.07, 6.45) is 0.188. The van der Waals surface area contributed by atoms with E-state index in [9.17, 15) is 4.79 Å². The van der Waals surface area contributed by atoms with E-state index < -0.39 is 5.97 Å². The van der Waals surface area contributed by atoms with E-state index in [1.54, 1.807) is 0 Å². The SMILES string of the molecule is CN(CCCl)CCC(=O)O. The molecule has 4 heteroatoms. The minimum Gasteiger partial charge on any atom is -0.481 e. The smallest absolute Gasteiger partial charge is 0.304 e. The van der Waals surface area contributed by atoms with Gasteiger partial charge in [0.1, 0.15) is 0 Å². The lowest BCUT2D eigenvalue weighted by molar-refractivity contribution is -0.137. The Kier molecular flexibility index (Phi) is 5.35. The third-order valence-corrected chi connectivity index (χ3v) is 1.34. The topological polar surface area (TPSA) is 40.5 Å². The number of hydrogen-bond acceptors (Lipinski definition) is 2. The molecule has 0 heterocycles. The van der Waals surface area contributed by atoms with Crippen molar-refractivity contribution in [2.24, 2.45) is 0 Å². The van der Waals surface area contributed by atoms with Crippen molar-refractivity contribution in [1.29, 1.82) is 0 Å². The maximum absolute atomic E-state index is 10.0. The first-order valence-electron chi connectivity index (χ1n) is 3.13. The van der Waals surface area contributed by atoms with E-state index >= 15 is 0 Å². The van der Waals surface area contributed by atoms with Gasteiger partial charge in [-0.25, -0.2) is 0 Å². The molecule has 0 spiro atoms. The summed E-state index contributed by atoms with van der Waals surface area (Å²) in [5.41, 5.74) is 0. The van der Waals surface area contributed by atoms with Crippen LogP contribution in [0.3, 0.4) is 0 Å². The third kappa shape index (κ3) is 5.85. The van der Waals surface area contributed by atoms with Crippen LogP contribution in [0.25, 0.3) is 0 Å². The standard InChI is InChI=1S/C6H12ClNO2/c1-8(5-3-7)4-2-6(9)10/h2-5H2,1H3,(H,9,10). The quantitative estimate of drug-likeness (QED) is 0.608. The molecule has 0 saturated carbocycles. The zero-order valence-electron chi connectivity index (χ0n) is 6.01. The van der Waals surface area contributed by atoms with Crippen molar-refractivity contribution in [2.75, 3.05) is 26.0 Å². The van der Waals surface area contributed by atoms with E-state index in [2.05, 4.69) is 0 Å². The number of nitrogens with zero attached hydrogens (tertiary/aromatic N) is 1. The van der Waals surface area contributed by atoms with Crippen LogP contribution >= 0.6 is 11.6 Å². The predicted octanol–water partition coefficient (Wildman–Crippen LogP) is 0.632. The Bertz CT molecular complexity index is 108. The van der Waals surface area contributed by atoms with Gasteiger partial charge in [0.25, 0.3) is 0 Å². The molecule has 0 unspecified atom stereocenters. The van der Waals surface area contributed by atoms with Crippen LogP contribution in [0.2, 0.25) is 0 Å². The second-order valence-electron chi connectivity index (χ2n) is 2.14. The summed E-state index contributed by atoms with van der Waals surface area (Å²) in [5.74, 6) is -0.211. The van der Waals surface area contributed by atoms with Crippen molar-refractivity contribution < 1.29 is 9.90 Å². The number of carboxylic acids is 1. The van der Waals surface area contributed by atoms with Gasteiger partial charge < -0.3 is 10.0 Å². The van der Waals surface area contributed by atoms with Gasteiger partial charge in [-0.3, -0.25) is 4.79 Å². The van der Waals surface area contributed by atoms with Gasteiger partial charge in [0.15, 0.2) is 0 Å². The fourth-order valence-electron chi connectivity index (χ4n) is 0.543. The summed E-state index contributed by atoms with van der Waals surface area (Å²) >= 11 is 5.42. The van der Waals surface area contributed by atoms with Crippen LogP contribution in [-0.2, 0) is 4.79 Å². The summed E-state index contributed by atoms with van der Waals surface area (Å²) < 4.78 is 0. The zero-order valence-corrected chi connectivity index (χ0v) is 6.76. The first-order valence-corrected chi connectivity index (χ1v) is 3.66. The van der Waals surface area contributed by atoms with Crippen LogP contribution in [0, 0.1) is 0 Å².